The van der Waals surface area contributed by atoms with Gasteiger partial charge in [-0.2, -0.15) is 26.3 Å². The van der Waals surface area contributed by atoms with Gasteiger partial charge in [-0.3, -0.25) is 9.88 Å². The molecule has 222 valence electrons. The average molecular weight is 596 g/mol. The van der Waals surface area contributed by atoms with Crippen LogP contribution >= 0.6 is 0 Å². The van der Waals surface area contributed by atoms with Gasteiger partial charge in [0.15, 0.2) is 0 Å². The Bertz CT molecular complexity index is 1490. The Morgan fingerprint density at radius 2 is 1.45 bits per heavy atom. The molecule has 13 heteroatoms. The van der Waals surface area contributed by atoms with Gasteiger partial charge in [0.05, 0.1) is 11.4 Å². The first kappa shape index (κ1) is 30.7. The van der Waals surface area contributed by atoms with E-state index in [-0.39, 0.29) is 5.82 Å². The van der Waals surface area contributed by atoms with Crippen LogP contribution < -0.4 is 0 Å². The lowest BCUT2D eigenvalue weighted by atomic mass is 10.0. The van der Waals surface area contributed by atoms with Crippen LogP contribution in [0.15, 0.2) is 79.0 Å². The summed E-state index contributed by atoms with van der Waals surface area (Å²) < 4.78 is 85.9. The smallest absolute Gasteiger partial charge is 0.380 e. The minimum absolute atomic E-state index is 0.195. The predicted molar refractivity (Wildman–Crippen MR) is 138 cm³/mol. The second kappa shape index (κ2) is 12.7. The highest BCUT2D eigenvalue weighted by Crippen LogP contribution is 2.35. The zero-order valence-electron chi connectivity index (χ0n) is 21.8. The van der Waals surface area contributed by atoms with Crippen molar-refractivity contribution in [3.63, 3.8) is 0 Å². The van der Waals surface area contributed by atoms with Crippen molar-refractivity contribution in [1.29, 1.82) is 0 Å². The van der Waals surface area contributed by atoms with Crippen LogP contribution in [0.25, 0.3) is 22.3 Å². The van der Waals surface area contributed by atoms with E-state index >= 15 is 0 Å². The van der Waals surface area contributed by atoms with Crippen molar-refractivity contribution in [1.82, 2.24) is 14.5 Å². The fraction of sp³-hybridized carbons (Fsp3) is 0.276. The third-order valence-electron chi connectivity index (χ3n) is 6.55. The molecule has 3 heterocycles. The van der Waals surface area contributed by atoms with E-state index in [1.165, 1.54) is 5.56 Å². The third-order valence-corrected chi connectivity index (χ3v) is 6.55. The normalized spacial score (nSPS) is 14.7. The van der Waals surface area contributed by atoms with Gasteiger partial charge in [-0.15, -0.1) is 0 Å². The summed E-state index contributed by atoms with van der Waals surface area (Å²) in [7, 11) is 0. The third kappa shape index (κ3) is 7.72. The maximum Gasteiger partial charge on any atom is 0.491 e. The van der Waals surface area contributed by atoms with Crippen molar-refractivity contribution in [3.8, 4) is 11.4 Å². The van der Waals surface area contributed by atoms with E-state index in [2.05, 4.69) is 55.6 Å². The number of pyridine rings is 1. The van der Waals surface area contributed by atoms with Crippen LogP contribution in [0.3, 0.4) is 0 Å². The van der Waals surface area contributed by atoms with Crippen molar-refractivity contribution in [3.05, 3.63) is 90.4 Å². The van der Waals surface area contributed by atoms with Gasteiger partial charge in [0.2, 0.25) is 0 Å². The highest BCUT2D eigenvalue weighted by atomic mass is 19.4. The van der Waals surface area contributed by atoms with E-state index in [4.69, 9.17) is 0 Å². The molecule has 0 unspecified atom stereocenters. The Morgan fingerprint density at radius 3 is 2.02 bits per heavy atom. The number of fused-ring (bicyclic) bond motifs is 1. The van der Waals surface area contributed by atoms with Crippen molar-refractivity contribution in [2.24, 2.45) is 0 Å². The molecule has 1 saturated heterocycles. The Hall–Kier alpha value is -4.26. The molecular formula is C29H24F7N3O3. The summed E-state index contributed by atoms with van der Waals surface area (Å²) in [6.45, 7) is 3.11. The van der Waals surface area contributed by atoms with Crippen LogP contribution in [0.5, 0.6) is 0 Å². The molecule has 0 spiro atoms. The van der Waals surface area contributed by atoms with E-state index in [0.717, 1.165) is 54.8 Å². The first-order valence-electron chi connectivity index (χ1n) is 12.7. The number of aromatic nitrogens is 2. The van der Waals surface area contributed by atoms with E-state index in [9.17, 15) is 40.3 Å². The summed E-state index contributed by atoms with van der Waals surface area (Å²) in [6.07, 6.45) is -7.27. The number of hydrogen-bond acceptors (Lipinski definition) is 5. The van der Waals surface area contributed by atoms with Crippen LogP contribution in [-0.2, 0) is 20.9 Å². The number of rotatable bonds is 4. The van der Waals surface area contributed by atoms with Gasteiger partial charge in [-0.25, -0.2) is 14.0 Å². The maximum atomic E-state index is 13.8. The summed E-state index contributed by atoms with van der Waals surface area (Å²) in [5, 5.41) is 0.942. The Kier molecular flexibility index (Phi) is 9.30. The molecule has 0 atom stereocenters. The zero-order chi connectivity index (χ0) is 30.5. The molecule has 6 nitrogen and oxygen atoms in total. The lowest BCUT2D eigenvalue weighted by Gasteiger charge is -2.34. The first-order valence-corrected chi connectivity index (χ1v) is 12.7. The number of carbonyl (C=O) groups is 2. The predicted octanol–water partition coefficient (Wildman–Crippen LogP) is 6.86. The van der Waals surface area contributed by atoms with Gasteiger partial charge < -0.3 is 9.30 Å². The number of piperidine rings is 1. The monoisotopic (exact) mass is 595 g/mol. The number of halogens is 7. The highest BCUT2D eigenvalue weighted by Gasteiger charge is 2.49. The number of benzene rings is 2. The van der Waals surface area contributed by atoms with Crippen LogP contribution in [0.1, 0.15) is 24.4 Å². The van der Waals surface area contributed by atoms with Gasteiger partial charge in [-0.1, -0.05) is 36.4 Å². The van der Waals surface area contributed by atoms with E-state index in [0.29, 0.717) is 6.04 Å². The van der Waals surface area contributed by atoms with Gasteiger partial charge in [0.25, 0.3) is 0 Å². The van der Waals surface area contributed by atoms with E-state index in [1.54, 1.807) is 12.1 Å². The summed E-state index contributed by atoms with van der Waals surface area (Å²) in [4.78, 5) is 26.4. The molecule has 1 aliphatic heterocycles. The summed E-state index contributed by atoms with van der Waals surface area (Å²) in [5.74, 6) is -6.59. The molecular weight excluding hydrogens is 571 g/mol. The van der Waals surface area contributed by atoms with Gasteiger partial charge in [0, 0.05) is 42.8 Å². The zero-order valence-corrected chi connectivity index (χ0v) is 21.8. The summed E-state index contributed by atoms with van der Waals surface area (Å²) in [6, 6.07) is 24.2. The SMILES string of the molecule is Fc1ccc2c(c1)cc(-c1ccccn1)n2C1CCN(Cc2ccccc2)CC1.O=C(OC(=O)C(F)(F)F)C(F)(F)F. The lowest BCUT2D eigenvalue weighted by Crippen LogP contribution is -2.34. The fourth-order valence-electron chi connectivity index (χ4n) is 4.69. The molecule has 2 aromatic heterocycles. The molecule has 4 aromatic rings. The largest absolute Gasteiger partial charge is 0.491 e. The summed E-state index contributed by atoms with van der Waals surface area (Å²) >= 11 is 0. The molecule has 0 N–H and O–H groups in total. The van der Waals surface area contributed by atoms with Gasteiger partial charge >= 0.3 is 24.3 Å². The second-order valence-electron chi connectivity index (χ2n) is 9.48. The van der Waals surface area contributed by atoms with Crippen molar-refractivity contribution >= 4 is 22.8 Å². The lowest BCUT2D eigenvalue weighted by molar-refractivity contribution is -0.221. The molecule has 0 aliphatic carbocycles. The second-order valence-corrected chi connectivity index (χ2v) is 9.48. The van der Waals surface area contributed by atoms with Crippen molar-refractivity contribution in [2.75, 3.05) is 13.1 Å². The molecule has 5 rings (SSSR count). The number of hydrogen-bond donors (Lipinski definition) is 0. The van der Waals surface area contributed by atoms with Crippen molar-refractivity contribution < 1.29 is 45.1 Å². The van der Waals surface area contributed by atoms with Crippen LogP contribution in [0.4, 0.5) is 30.7 Å². The van der Waals surface area contributed by atoms with Crippen LogP contribution in [-0.4, -0.2) is 51.8 Å². The molecule has 0 bridgehead atoms. The average Bonchev–Trinajstić information content (AvgIpc) is 3.32. The standard InChI is InChI=1S/C25H24FN3.C4F6O3/c26-21-9-10-24-20(16-21)17-25(23-8-4-5-13-27-23)29(24)22-11-14-28(15-12-22)18-19-6-2-1-3-7-19;5-3(6,7)1(11)13-2(12)4(8,9)10/h1-10,13,16-17,22H,11-12,14-15,18H2;. The Labute approximate surface area is 235 Å². The molecule has 2 aromatic carbocycles. The quantitative estimate of drug-likeness (QED) is 0.147. The van der Waals surface area contributed by atoms with E-state index < -0.39 is 24.3 Å². The number of esters is 2. The minimum Gasteiger partial charge on any atom is -0.380 e. The number of ether oxygens (including phenoxy) is 1. The Balaban J connectivity index is 0.000000266. The molecule has 0 saturated carbocycles. The number of carbonyl (C=O) groups excluding carboxylic acids is 2. The Morgan fingerprint density at radius 1 is 0.833 bits per heavy atom. The maximum absolute atomic E-state index is 13.8. The molecule has 42 heavy (non-hydrogen) atoms. The van der Waals surface area contributed by atoms with Crippen LogP contribution in [0, 0.1) is 5.82 Å². The molecule has 1 fully saturated rings. The summed E-state index contributed by atoms with van der Waals surface area (Å²) in [5.41, 5.74) is 4.47. The van der Waals surface area contributed by atoms with E-state index in [1.807, 2.05) is 30.5 Å². The first-order chi connectivity index (χ1) is 19.8. The highest BCUT2D eigenvalue weighted by molar-refractivity contribution is 5.91. The fourth-order valence-corrected chi connectivity index (χ4v) is 4.69. The molecule has 1 aliphatic rings. The number of likely N-dealkylation sites (tertiary alicyclic amines) is 1. The number of nitrogens with zero attached hydrogens (tertiary/aromatic N) is 3. The van der Waals surface area contributed by atoms with Crippen LogP contribution in [0.2, 0.25) is 0 Å². The van der Waals surface area contributed by atoms with Gasteiger partial charge in [-0.05, 0) is 54.8 Å². The number of alkyl halides is 6. The molecule has 0 radical (unpaired) electrons. The van der Waals surface area contributed by atoms with Crippen molar-refractivity contribution in [2.45, 2.75) is 37.8 Å². The molecule has 0 amide bonds. The topological polar surface area (TPSA) is 64.4 Å². The van der Waals surface area contributed by atoms with Gasteiger partial charge in [0.1, 0.15) is 5.82 Å². The minimum atomic E-state index is -5.62.